The minimum Gasteiger partial charge on any atom is -0.338 e. The SMILES string of the molecule is CC1CCN(C(=O)c2cccc(S(N)(=O)=O)c2)CC1C. The van der Waals surface area contributed by atoms with Crippen molar-refractivity contribution in [2.24, 2.45) is 17.0 Å². The van der Waals surface area contributed by atoms with Gasteiger partial charge in [-0.25, -0.2) is 13.6 Å². The monoisotopic (exact) mass is 296 g/mol. The van der Waals surface area contributed by atoms with Gasteiger partial charge in [0.25, 0.3) is 5.91 Å². The van der Waals surface area contributed by atoms with Crippen LogP contribution in [0.2, 0.25) is 0 Å². The number of amides is 1. The molecule has 2 atom stereocenters. The molecule has 0 radical (unpaired) electrons. The normalized spacial score (nSPS) is 23.6. The Morgan fingerprint density at radius 3 is 2.60 bits per heavy atom. The molecule has 6 heteroatoms. The molecule has 0 saturated carbocycles. The van der Waals surface area contributed by atoms with E-state index in [4.69, 9.17) is 5.14 Å². The van der Waals surface area contributed by atoms with Crippen molar-refractivity contribution in [3.05, 3.63) is 29.8 Å². The van der Waals surface area contributed by atoms with Crippen molar-refractivity contribution in [3.8, 4) is 0 Å². The molecule has 2 unspecified atom stereocenters. The van der Waals surface area contributed by atoms with Crippen LogP contribution in [0.3, 0.4) is 0 Å². The predicted molar refractivity (Wildman–Crippen MR) is 76.7 cm³/mol. The minimum atomic E-state index is -3.78. The number of nitrogens with two attached hydrogens (primary N) is 1. The fraction of sp³-hybridized carbons (Fsp3) is 0.500. The Balaban J connectivity index is 2.22. The third kappa shape index (κ3) is 3.19. The summed E-state index contributed by atoms with van der Waals surface area (Å²) in [5, 5.41) is 5.09. The topological polar surface area (TPSA) is 80.5 Å². The number of hydrogen-bond acceptors (Lipinski definition) is 3. The molecule has 1 aromatic carbocycles. The molecule has 2 rings (SSSR count). The molecule has 110 valence electrons. The van der Waals surface area contributed by atoms with Crippen LogP contribution in [0.25, 0.3) is 0 Å². The number of piperidine rings is 1. The first-order valence-electron chi connectivity index (χ1n) is 6.71. The van der Waals surface area contributed by atoms with Gasteiger partial charge >= 0.3 is 0 Å². The summed E-state index contributed by atoms with van der Waals surface area (Å²) in [5.41, 5.74) is 0.373. The van der Waals surface area contributed by atoms with Gasteiger partial charge in [0.05, 0.1) is 4.90 Å². The second kappa shape index (κ2) is 5.54. The Morgan fingerprint density at radius 2 is 2.00 bits per heavy atom. The van der Waals surface area contributed by atoms with Gasteiger partial charge in [-0.15, -0.1) is 0 Å². The van der Waals surface area contributed by atoms with Crippen LogP contribution in [-0.4, -0.2) is 32.3 Å². The van der Waals surface area contributed by atoms with Gasteiger partial charge in [-0.1, -0.05) is 19.9 Å². The standard InChI is InChI=1S/C14H20N2O3S/c1-10-6-7-16(9-11(10)2)14(17)12-4-3-5-13(8-12)20(15,18)19/h3-5,8,10-11H,6-7,9H2,1-2H3,(H2,15,18,19). The first-order chi connectivity index (χ1) is 9.29. The van der Waals surface area contributed by atoms with E-state index in [0.717, 1.165) is 6.42 Å². The van der Waals surface area contributed by atoms with Gasteiger partial charge in [-0.3, -0.25) is 4.79 Å². The number of nitrogens with zero attached hydrogens (tertiary/aromatic N) is 1. The lowest BCUT2D eigenvalue weighted by molar-refractivity contribution is 0.0627. The van der Waals surface area contributed by atoms with Crippen LogP contribution in [0.1, 0.15) is 30.6 Å². The fourth-order valence-electron chi connectivity index (χ4n) is 2.44. The highest BCUT2D eigenvalue weighted by molar-refractivity contribution is 7.89. The average Bonchev–Trinajstić information content (AvgIpc) is 2.40. The lowest BCUT2D eigenvalue weighted by Gasteiger charge is -2.35. The molecule has 1 heterocycles. The summed E-state index contributed by atoms with van der Waals surface area (Å²) in [6, 6.07) is 5.91. The number of sulfonamides is 1. The third-order valence-electron chi connectivity index (χ3n) is 4.03. The first-order valence-corrected chi connectivity index (χ1v) is 8.26. The van der Waals surface area contributed by atoms with E-state index >= 15 is 0 Å². The molecule has 0 aliphatic carbocycles. The van der Waals surface area contributed by atoms with E-state index in [1.54, 1.807) is 17.0 Å². The summed E-state index contributed by atoms with van der Waals surface area (Å²) >= 11 is 0. The molecule has 0 aromatic heterocycles. The Labute approximate surface area is 119 Å². The van der Waals surface area contributed by atoms with Crippen molar-refractivity contribution in [1.29, 1.82) is 0 Å². The minimum absolute atomic E-state index is 0.0261. The Bertz CT molecular complexity index is 613. The molecule has 1 aliphatic rings. The van der Waals surface area contributed by atoms with E-state index in [1.165, 1.54) is 12.1 Å². The predicted octanol–water partition coefficient (Wildman–Crippen LogP) is 1.45. The summed E-state index contributed by atoms with van der Waals surface area (Å²) in [6.07, 6.45) is 0.974. The summed E-state index contributed by atoms with van der Waals surface area (Å²) < 4.78 is 22.7. The molecule has 0 bridgehead atoms. The molecular formula is C14H20N2O3S. The van der Waals surface area contributed by atoms with Gasteiger partial charge in [-0.05, 0) is 36.5 Å². The molecule has 1 saturated heterocycles. The zero-order chi connectivity index (χ0) is 14.9. The van der Waals surface area contributed by atoms with Crippen molar-refractivity contribution in [2.75, 3.05) is 13.1 Å². The molecule has 1 amide bonds. The molecule has 1 fully saturated rings. The largest absolute Gasteiger partial charge is 0.338 e. The average molecular weight is 296 g/mol. The summed E-state index contributed by atoms with van der Waals surface area (Å²) in [7, 11) is -3.78. The Hall–Kier alpha value is -1.40. The van der Waals surface area contributed by atoms with Crippen LogP contribution in [0.4, 0.5) is 0 Å². The quantitative estimate of drug-likeness (QED) is 0.897. The third-order valence-corrected chi connectivity index (χ3v) is 4.94. The van der Waals surface area contributed by atoms with E-state index < -0.39 is 10.0 Å². The van der Waals surface area contributed by atoms with Crippen LogP contribution < -0.4 is 5.14 Å². The van der Waals surface area contributed by atoms with Crippen LogP contribution in [0.15, 0.2) is 29.2 Å². The summed E-state index contributed by atoms with van der Waals surface area (Å²) in [4.78, 5) is 14.2. The maximum atomic E-state index is 12.4. The van der Waals surface area contributed by atoms with E-state index in [1.807, 2.05) is 0 Å². The highest BCUT2D eigenvalue weighted by atomic mass is 32.2. The zero-order valence-electron chi connectivity index (χ0n) is 11.7. The van der Waals surface area contributed by atoms with Crippen molar-refractivity contribution in [1.82, 2.24) is 4.90 Å². The molecular weight excluding hydrogens is 276 g/mol. The molecule has 0 spiro atoms. The number of benzene rings is 1. The number of hydrogen-bond donors (Lipinski definition) is 1. The number of primary sulfonamides is 1. The summed E-state index contributed by atoms with van der Waals surface area (Å²) in [5.74, 6) is 0.929. The second-order valence-electron chi connectivity index (χ2n) is 5.57. The Kier molecular flexibility index (Phi) is 4.15. The van der Waals surface area contributed by atoms with Crippen LogP contribution in [-0.2, 0) is 10.0 Å². The number of likely N-dealkylation sites (tertiary alicyclic amines) is 1. The number of carbonyl (C=O) groups is 1. The van der Waals surface area contributed by atoms with Crippen molar-refractivity contribution in [2.45, 2.75) is 25.2 Å². The van der Waals surface area contributed by atoms with Gasteiger partial charge in [0, 0.05) is 18.7 Å². The number of carbonyl (C=O) groups excluding carboxylic acids is 1. The van der Waals surface area contributed by atoms with Crippen LogP contribution >= 0.6 is 0 Å². The Morgan fingerprint density at radius 1 is 1.30 bits per heavy atom. The van der Waals surface area contributed by atoms with E-state index in [2.05, 4.69) is 13.8 Å². The molecule has 1 aliphatic heterocycles. The fourth-order valence-corrected chi connectivity index (χ4v) is 3.00. The van der Waals surface area contributed by atoms with E-state index in [-0.39, 0.29) is 10.8 Å². The van der Waals surface area contributed by atoms with Crippen LogP contribution in [0.5, 0.6) is 0 Å². The summed E-state index contributed by atoms with van der Waals surface area (Å²) in [6.45, 7) is 5.74. The lowest BCUT2D eigenvalue weighted by Crippen LogP contribution is -2.42. The maximum Gasteiger partial charge on any atom is 0.253 e. The highest BCUT2D eigenvalue weighted by Gasteiger charge is 2.26. The highest BCUT2D eigenvalue weighted by Crippen LogP contribution is 2.24. The molecule has 5 nitrogen and oxygen atoms in total. The second-order valence-corrected chi connectivity index (χ2v) is 7.13. The molecule has 1 aromatic rings. The first kappa shape index (κ1) is 15.0. The van der Waals surface area contributed by atoms with Gasteiger partial charge in [0.15, 0.2) is 0 Å². The van der Waals surface area contributed by atoms with Crippen molar-refractivity contribution >= 4 is 15.9 Å². The smallest absolute Gasteiger partial charge is 0.253 e. The van der Waals surface area contributed by atoms with Gasteiger partial charge in [0.1, 0.15) is 0 Å². The molecule has 20 heavy (non-hydrogen) atoms. The van der Waals surface area contributed by atoms with E-state index in [9.17, 15) is 13.2 Å². The van der Waals surface area contributed by atoms with Gasteiger partial charge in [-0.2, -0.15) is 0 Å². The van der Waals surface area contributed by atoms with Gasteiger partial charge < -0.3 is 4.90 Å². The van der Waals surface area contributed by atoms with E-state index in [0.29, 0.717) is 30.5 Å². The number of rotatable bonds is 2. The van der Waals surface area contributed by atoms with Crippen LogP contribution in [0, 0.1) is 11.8 Å². The van der Waals surface area contributed by atoms with Crippen molar-refractivity contribution in [3.63, 3.8) is 0 Å². The molecule has 2 N–H and O–H groups in total. The zero-order valence-corrected chi connectivity index (χ0v) is 12.6. The van der Waals surface area contributed by atoms with Gasteiger partial charge in [0.2, 0.25) is 10.0 Å². The lowest BCUT2D eigenvalue weighted by atomic mass is 9.88. The maximum absolute atomic E-state index is 12.4. The van der Waals surface area contributed by atoms with Crippen molar-refractivity contribution < 1.29 is 13.2 Å².